The summed E-state index contributed by atoms with van der Waals surface area (Å²) in [5.74, 6) is 0.334. The molecule has 5 heteroatoms. The van der Waals surface area contributed by atoms with E-state index in [0.29, 0.717) is 22.0 Å². The van der Waals surface area contributed by atoms with Crippen molar-refractivity contribution in [3.63, 3.8) is 0 Å². The van der Waals surface area contributed by atoms with Crippen molar-refractivity contribution in [1.29, 1.82) is 0 Å². The van der Waals surface area contributed by atoms with Gasteiger partial charge in [-0.2, -0.15) is 0 Å². The summed E-state index contributed by atoms with van der Waals surface area (Å²) in [5.41, 5.74) is 1.85. The summed E-state index contributed by atoms with van der Waals surface area (Å²) in [7, 11) is 3.31. The highest BCUT2D eigenvalue weighted by atomic mass is 35.5. The molecule has 2 rings (SSSR count). The zero-order chi connectivity index (χ0) is 14.5. The van der Waals surface area contributed by atoms with Crippen molar-refractivity contribution in [3.05, 3.63) is 53.1 Å². The minimum atomic E-state index is -0.226. The molecule has 0 aliphatic rings. The molecule has 4 nitrogen and oxygen atoms in total. The molecule has 0 heterocycles. The van der Waals surface area contributed by atoms with Crippen LogP contribution in [-0.4, -0.2) is 20.1 Å². The van der Waals surface area contributed by atoms with Crippen LogP contribution in [0.3, 0.4) is 0 Å². The molecule has 2 N–H and O–H groups in total. The number of ether oxygens (including phenoxy) is 1. The van der Waals surface area contributed by atoms with Crippen LogP contribution in [0, 0.1) is 0 Å². The van der Waals surface area contributed by atoms with Gasteiger partial charge in [-0.15, -0.1) is 0 Å². The molecule has 104 valence electrons. The van der Waals surface area contributed by atoms with E-state index in [-0.39, 0.29) is 5.91 Å². The van der Waals surface area contributed by atoms with Gasteiger partial charge in [0.1, 0.15) is 5.75 Å². The minimum Gasteiger partial charge on any atom is -0.495 e. The summed E-state index contributed by atoms with van der Waals surface area (Å²) in [6.45, 7) is 0. The molecule has 0 unspecified atom stereocenters. The first-order valence-electron chi connectivity index (χ1n) is 6.07. The summed E-state index contributed by atoms with van der Waals surface area (Å²) in [5, 5.41) is 6.32. The van der Waals surface area contributed by atoms with E-state index in [9.17, 15) is 4.79 Å². The first-order chi connectivity index (χ1) is 9.65. The van der Waals surface area contributed by atoms with Crippen LogP contribution >= 0.6 is 11.6 Å². The SMILES string of the molecule is CNc1ccccc1C(=O)Nc1cc(Cl)ccc1OC. The third kappa shape index (κ3) is 3.03. The largest absolute Gasteiger partial charge is 0.495 e. The molecule has 2 aromatic carbocycles. The van der Waals surface area contributed by atoms with Gasteiger partial charge in [-0.1, -0.05) is 23.7 Å². The number of halogens is 1. The lowest BCUT2D eigenvalue weighted by Gasteiger charge is -2.12. The fourth-order valence-electron chi connectivity index (χ4n) is 1.87. The zero-order valence-corrected chi connectivity index (χ0v) is 12.0. The van der Waals surface area contributed by atoms with Gasteiger partial charge in [-0.3, -0.25) is 4.79 Å². The maximum atomic E-state index is 12.3. The Morgan fingerprint density at radius 2 is 1.90 bits per heavy atom. The lowest BCUT2D eigenvalue weighted by Crippen LogP contribution is -2.14. The summed E-state index contributed by atoms with van der Waals surface area (Å²) < 4.78 is 5.20. The standard InChI is InChI=1S/C15H15ClN2O2/c1-17-12-6-4-3-5-11(12)15(19)18-13-9-10(16)7-8-14(13)20-2/h3-9,17H,1-2H3,(H,18,19). The van der Waals surface area contributed by atoms with Gasteiger partial charge in [0.05, 0.1) is 18.4 Å². The molecule has 2 aromatic rings. The predicted octanol–water partition coefficient (Wildman–Crippen LogP) is 3.64. The van der Waals surface area contributed by atoms with Crippen molar-refractivity contribution < 1.29 is 9.53 Å². The van der Waals surface area contributed by atoms with E-state index in [4.69, 9.17) is 16.3 Å². The quantitative estimate of drug-likeness (QED) is 0.904. The van der Waals surface area contributed by atoms with Gasteiger partial charge in [0.2, 0.25) is 0 Å². The number of amides is 1. The Hall–Kier alpha value is -2.20. The average molecular weight is 291 g/mol. The number of rotatable bonds is 4. The van der Waals surface area contributed by atoms with E-state index in [1.165, 1.54) is 0 Å². The number of carbonyl (C=O) groups is 1. The highest BCUT2D eigenvalue weighted by molar-refractivity contribution is 6.31. The van der Waals surface area contributed by atoms with Crippen molar-refractivity contribution >= 4 is 28.9 Å². The van der Waals surface area contributed by atoms with Crippen LogP contribution in [0.25, 0.3) is 0 Å². The maximum absolute atomic E-state index is 12.3. The molecule has 0 aliphatic heterocycles. The predicted molar refractivity (Wildman–Crippen MR) is 81.9 cm³/mol. The van der Waals surface area contributed by atoms with Crippen molar-refractivity contribution in [1.82, 2.24) is 0 Å². The minimum absolute atomic E-state index is 0.226. The Bertz CT molecular complexity index is 629. The molecule has 0 aromatic heterocycles. The maximum Gasteiger partial charge on any atom is 0.257 e. The van der Waals surface area contributed by atoms with Crippen molar-refractivity contribution in [2.45, 2.75) is 0 Å². The number of nitrogens with one attached hydrogen (secondary N) is 2. The molecule has 20 heavy (non-hydrogen) atoms. The summed E-state index contributed by atoms with van der Waals surface area (Å²) in [4.78, 5) is 12.3. The van der Waals surface area contributed by atoms with Crippen LogP contribution in [0.2, 0.25) is 5.02 Å². The Morgan fingerprint density at radius 3 is 2.60 bits per heavy atom. The third-order valence-corrected chi connectivity index (χ3v) is 3.09. The number of para-hydroxylation sites is 1. The first kappa shape index (κ1) is 14.2. The Labute approximate surface area is 122 Å². The van der Waals surface area contributed by atoms with Crippen molar-refractivity contribution in [2.75, 3.05) is 24.8 Å². The number of hydrogen-bond donors (Lipinski definition) is 2. The van der Waals surface area contributed by atoms with Crippen molar-refractivity contribution in [3.8, 4) is 5.75 Å². The van der Waals surface area contributed by atoms with Crippen LogP contribution in [0.5, 0.6) is 5.75 Å². The molecule has 0 radical (unpaired) electrons. The molecule has 0 fully saturated rings. The smallest absolute Gasteiger partial charge is 0.257 e. The van der Waals surface area contributed by atoms with E-state index in [0.717, 1.165) is 5.69 Å². The topological polar surface area (TPSA) is 50.4 Å². The highest BCUT2D eigenvalue weighted by Gasteiger charge is 2.13. The lowest BCUT2D eigenvalue weighted by molar-refractivity contribution is 0.102. The number of hydrogen-bond acceptors (Lipinski definition) is 3. The molecule has 1 amide bonds. The second-order valence-corrected chi connectivity index (χ2v) is 4.53. The van der Waals surface area contributed by atoms with Gasteiger partial charge in [-0.05, 0) is 30.3 Å². The normalized spacial score (nSPS) is 9.95. The van der Waals surface area contributed by atoms with Crippen molar-refractivity contribution in [2.24, 2.45) is 0 Å². The third-order valence-electron chi connectivity index (χ3n) is 2.85. The summed E-state index contributed by atoms with van der Waals surface area (Å²) >= 11 is 5.94. The van der Waals surface area contributed by atoms with Gasteiger partial charge >= 0.3 is 0 Å². The van der Waals surface area contributed by atoms with Crippen LogP contribution in [0.15, 0.2) is 42.5 Å². The number of carbonyl (C=O) groups excluding carboxylic acids is 1. The molecule has 0 bridgehead atoms. The van der Waals surface area contributed by atoms with Gasteiger partial charge in [0.25, 0.3) is 5.91 Å². The zero-order valence-electron chi connectivity index (χ0n) is 11.2. The Morgan fingerprint density at radius 1 is 1.15 bits per heavy atom. The Balaban J connectivity index is 2.30. The van der Waals surface area contributed by atoms with Gasteiger partial charge in [-0.25, -0.2) is 0 Å². The molecular formula is C15H15ClN2O2. The van der Waals surface area contributed by atoms with Crippen LogP contribution in [0.1, 0.15) is 10.4 Å². The molecule has 0 saturated heterocycles. The number of anilines is 2. The Kier molecular flexibility index (Phi) is 4.48. The van der Waals surface area contributed by atoms with Crippen LogP contribution in [-0.2, 0) is 0 Å². The number of benzene rings is 2. The fraction of sp³-hybridized carbons (Fsp3) is 0.133. The lowest BCUT2D eigenvalue weighted by atomic mass is 10.1. The fourth-order valence-corrected chi connectivity index (χ4v) is 2.04. The summed E-state index contributed by atoms with van der Waals surface area (Å²) in [6.07, 6.45) is 0. The van der Waals surface area contributed by atoms with E-state index in [1.807, 2.05) is 18.2 Å². The molecular weight excluding hydrogens is 276 g/mol. The van der Waals surface area contributed by atoms with E-state index in [2.05, 4.69) is 10.6 Å². The highest BCUT2D eigenvalue weighted by Crippen LogP contribution is 2.28. The van der Waals surface area contributed by atoms with E-state index in [1.54, 1.807) is 38.4 Å². The molecule has 0 atom stereocenters. The van der Waals surface area contributed by atoms with Crippen LogP contribution < -0.4 is 15.4 Å². The van der Waals surface area contributed by atoms with Gasteiger partial charge < -0.3 is 15.4 Å². The van der Waals surface area contributed by atoms with E-state index >= 15 is 0 Å². The van der Waals surface area contributed by atoms with Crippen LogP contribution in [0.4, 0.5) is 11.4 Å². The first-order valence-corrected chi connectivity index (χ1v) is 6.45. The second kappa shape index (κ2) is 6.30. The van der Waals surface area contributed by atoms with Gasteiger partial charge in [0.15, 0.2) is 0 Å². The monoisotopic (exact) mass is 290 g/mol. The van der Waals surface area contributed by atoms with E-state index < -0.39 is 0 Å². The second-order valence-electron chi connectivity index (χ2n) is 4.09. The molecule has 0 aliphatic carbocycles. The number of methoxy groups -OCH3 is 1. The van der Waals surface area contributed by atoms with Gasteiger partial charge in [0, 0.05) is 17.8 Å². The summed E-state index contributed by atoms with van der Waals surface area (Å²) in [6, 6.07) is 12.3. The average Bonchev–Trinajstić information content (AvgIpc) is 2.47. The molecule has 0 saturated carbocycles. The molecule has 0 spiro atoms.